The Morgan fingerprint density at radius 3 is 0.854 bits per heavy atom. The molecule has 0 amide bonds. The molecule has 0 aromatic rings. The molecule has 0 bridgehead atoms. The molecule has 2 atom stereocenters. The van der Waals surface area contributed by atoms with Crippen LogP contribution in [0.4, 0.5) is 0 Å². The number of unbranched alkanes of at least 4 members (excludes halogenated alkanes) is 6. The second-order valence-corrected chi connectivity index (χ2v) is 11.4. The molecular formula is C40H104O8. The standard InChI is InChI=1S/C11H24O2.C10H22O2.C6H14O2.C5H12O2.8CH4/c1-4-6-7-8-9-11(3,12)13-10-5-2;1-4-6-7-8-9-10(3,11)12-5-2;1-4-5-8-6(2,3)7;1-4-7-5(2,3)6;;;;;;;;/h12H,4-10H2,1-3H3;11H,4-9H2,1-3H3;7H,4-5H2,1-3H3;6H,4H2,1-3H3;8*1H4. The second-order valence-electron chi connectivity index (χ2n) is 11.4. The van der Waals surface area contributed by atoms with Crippen molar-refractivity contribution in [3.63, 3.8) is 0 Å². The van der Waals surface area contributed by atoms with E-state index in [1.807, 2.05) is 27.7 Å². The van der Waals surface area contributed by atoms with Crippen LogP contribution in [0.5, 0.6) is 0 Å². The van der Waals surface area contributed by atoms with Crippen molar-refractivity contribution < 1.29 is 39.4 Å². The Kier molecular flexibility index (Phi) is 86.8. The first-order valence-electron chi connectivity index (χ1n) is 15.8. The zero-order chi connectivity index (χ0) is 32.1. The Morgan fingerprint density at radius 1 is 0.354 bits per heavy atom. The third-order valence-corrected chi connectivity index (χ3v) is 5.22. The van der Waals surface area contributed by atoms with E-state index in [9.17, 15) is 10.2 Å². The van der Waals surface area contributed by atoms with Crippen LogP contribution >= 0.6 is 0 Å². The van der Waals surface area contributed by atoms with Gasteiger partial charge in [-0.25, -0.2) is 0 Å². The van der Waals surface area contributed by atoms with E-state index >= 15 is 0 Å². The monoisotopic (exact) mass is 713 g/mol. The minimum Gasteiger partial charge on any atom is -0.366 e. The lowest BCUT2D eigenvalue weighted by Crippen LogP contribution is -2.28. The van der Waals surface area contributed by atoms with E-state index in [1.165, 1.54) is 38.5 Å². The van der Waals surface area contributed by atoms with Crippen LogP contribution in [0.3, 0.4) is 0 Å². The first-order chi connectivity index (χ1) is 18.4. The predicted octanol–water partition coefficient (Wildman–Crippen LogP) is 12.8. The summed E-state index contributed by atoms with van der Waals surface area (Å²) in [6.07, 6.45) is 12.9. The fourth-order valence-electron chi connectivity index (χ4n) is 3.24. The molecule has 8 nitrogen and oxygen atoms in total. The van der Waals surface area contributed by atoms with Gasteiger partial charge in [-0.1, -0.05) is 126 Å². The van der Waals surface area contributed by atoms with Gasteiger partial charge in [0.25, 0.3) is 0 Å². The molecule has 0 rings (SSSR count). The fourth-order valence-corrected chi connectivity index (χ4v) is 3.24. The molecule has 48 heavy (non-hydrogen) atoms. The molecule has 0 aliphatic heterocycles. The Balaban J connectivity index is -0.0000000349. The van der Waals surface area contributed by atoms with E-state index in [0.29, 0.717) is 26.4 Å². The van der Waals surface area contributed by atoms with E-state index in [4.69, 9.17) is 29.2 Å². The molecule has 8 heteroatoms. The number of rotatable bonds is 20. The Hall–Kier alpha value is -0.320. The van der Waals surface area contributed by atoms with E-state index < -0.39 is 23.1 Å². The van der Waals surface area contributed by atoms with Gasteiger partial charge in [0.05, 0.1) is 0 Å². The van der Waals surface area contributed by atoms with Crippen molar-refractivity contribution in [1.29, 1.82) is 0 Å². The maximum absolute atomic E-state index is 9.72. The third kappa shape index (κ3) is 90.9. The van der Waals surface area contributed by atoms with E-state index in [2.05, 4.69) is 13.8 Å². The average Bonchev–Trinajstić information content (AvgIpc) is 2.82. The van der Waals surface area contributed by atoms with E-state index in [1.54, 1.807) is 41.5 Å². The SMILES string of the molecule is C.C.C.C.C.C.C.C.CCCCCCC(C)(O)OCC.CCCCCCC(C)(O)OCCC.CCCOC(C)(C)O.CCOC(C)(C)O. The molecule has 0 aliphatic carbocycles. The van der Waals surface area contributed by atoms with Gasteiger partial charge in [0.1, 0.15) is 0 Å². The van der Waals surface area contributed by atoms with Crippen LogP contribution in [-0.4, -0.2) is 70.0 Å². The van der Waals surface area contributed by atoms with Crippen molar-refractivity contribution in [2.75, 3.05) is 26.4 Å². The molecule has 0 aromatic carbocycles. The van der Waals surface area contributed by atoms with Crippen LogP contribution in [-0.2, 0) is 18.9 Å². The maximum atomic E-state index is 9.72. The minimum atomic E-state index is -0.950. The van der Waals surface area contributed by atoms with Gasteiger partial charge in [0.15, 0.2) is 23.1 Å². The van der Waals surface area contributed by atoms with Gasteiger partial charge in [0, 0.05) is 39.3 Å². The van der Waals surface area contributed by atoms with Gasteiger partial charge >= 0.3 is 0 Å². The van der Waals surface area contributed by atoms with Crippen LogP contribution in [0, 0.1) is 0 Å². The van der Waals surface area contributed by atoms with Crippen molar-refractivity contribution in [1.82, 2.24) is 0 Å². The average molecular weight is 713 g/mol. The van der Waals surface area contributed by atoms with Gasteiger partial charge in [-0.3, -0.25) is 0 Å². The zero-order valence-corrected chi connectivity index (χ0v) is 28.7. The van der Waals surface area contributed by atoms with Gasteiger partial charge in [-0.15, -0.1) is 0 Å². The highest BCUT2D eigenvalue weighted by molar-refractivity contribution is 4.60. The minimum absolute atomic E-state index is 0. The summed E-state index contributed by atoms with van der Waals surface area (Å²) >= 11 is 0. The first kappa shape index (κ1) is 81.6. The molecule has 4 N–H and O–H groups in total. The number of aliphatic hydroxyl groups is 4. The molecular weight excluding hydrogens is 608 g/mol. The lowest BCUT2D eigenvalue weighted by atomic mass is 10.1. The summed E-state index contributed by atoms with van der Waals surface area (Å²) in [5.74, 6) is -3.70. The van der Waals surface area contributed by atoms with Crippen LogP contribution < -0.4 is 0 Å². The van der Waals surface area contributed by atoms with Crippen LogP contribution in [0.25, 0.3) is 0 Å². The van der Waals surface area contributed by atoms with Gasteiger partial charge in [-0.2, -0.15) is 0 Å². The maximum Gasteiger partial charge on any atom is 0.162 e. The molecule has 0 aliphatic rings. The van der Waals surface area contributed by atoms with Crippen LogP contribution in [0.15, 0.2) is 0 Å². The first-order valence-corrected chi connectivity index (χ1v) is 15.8. The predicted molar refractivity (Wildman–Crippen MR) is 221 cm³/mol. The molecule has 0 aromatic heterocycles. The molecule has 0 spiro atoms. The fraction of sp³-hybridized carbons (Fsp3) is 1.00. The van der Waals surface area contributed by atoms with E-state index in [0.717, 1.165) is 38.5 Å². The molecule has 0 saturated carbocycles. The lowest BCUT2D eigenvalue weighted by Gasteiger charge is -2.23. The molecule has 0 heterocycles. The summed E-state index contributed by atoms with van der Waals surface area (Å²) in [5, 5.41) is 37.0. The summed E-state index contributed by atoms with van der Waals surface area (Å²) in [4.78, 5) is 0. The number of hydrogen-bond acceptors (Lipinski definition) is 8. The van der Waals surface area contributed by atoms with Crippen molar-refractivity contribution in [2.45, 2.75) is 243 Å². The zero-order valence-electron chi connectivity index (χ0n) is 28.7. The lowest BCUT2D eigenvalue weighted by molar-refractivity contribution is -0.194. The largest absolute Gasteiger partial charge is 0.366 e. The van der Waals surface area contributed by atoms with Crippen LogP contribution in [0.2, 0.25) is 0 Å². The summed E-state index contributed by atoms with van der Waals surface area (Å²) in [6, 6.07) is 0. The number of hydrogen-bond donors (Lipinski definition) is 4. The highest BCUT2D eigenvalue weighted by atomic mass is 16.6. The Labute approximate surface area is 308 Å². The van der Waals surface area contributed by atoms with Crippen molar-refractivity contribution in [2.24, 2.45) is 0 Å². The molecule has 312 valence electrons. The van der Waals surface area contributed by atoms with Gasteiger partial charge < -0.3 is 39.4 Å². The Morgan fingerprint density at radius 2 is 0.646 bits per heavy atom. The van der Waals surface area contributed by atoms with Gasteiger partial charge in [0.2, 0.25) is 0 Å². The highest BCUT2D eigenvalue weighted by Crippen LogP contribution is 2.17. The van der Waals surface area contributed by atoms with Gasteiger partial charge in [-0.05, 0) is 81.1 Å². The number of ether oxygens (including phenoxy) is 4. The summed E-state index contributed by atoms with van der Waals surface area (Å²) < 4.78 is 20.2. The quantitative estimate of drug-likeness (QED) is 0.0727. The molecule has 2 unspecified atom stereocenters. The summed E-state index contributed by atoms with van der Waals surface area (Å²) in [7, 11) is 0. The second kappa shape index (κ2) is 51.1. The smallest absolute Gasteiger partial charge is 0.162 e. The normalized spacial score (nSPS) is 12.0. The molecule has 0 fully saturated rings. The van der Waals surface area contributed by atoms with Crippen molar-refractivity contribution in [3.8, 4) is 0 Å². The molecule has 0 radical (unpaired) electrons. The van der Waals surface area contributed by atoms with E-state index in [-0.39, 0.29) is 59.4 Å². The molecule has 0 saturated heterocycles. The van der Waals surface area contributed by atoms with Crippen LogP contribution in [0.1, 0.15) is 220 Å². The van der Waals surface area contributed by atoms with Crippen molar-refractivity contribution in [3.05, 3.63) is 0 Å². The van der Waals surface area contributed by atoms with Crippen molar-refractivity contribution >= 4 is 0 Å². The highest BCUT2D eigenvalue weighted by Gasteiger charge is 2.19. The third-order valence-electron chi connectivity index (χ3n) is 5.22. The Bertz CT molecular complexity index is 485. The summed E-state index contributed by atoms with van der Waals surface area (Å²) in [6.45, 7) is 24.6. The summed E-state index contributed by atoms with van der Waals surface area (Å²) in [5.41, 5.74) is 0. The topological polar surface area (TPSA) is 118 Å².